The van der Waals surface area contributed by atoms with Crippen molar-refractivity contribution >= 4 is 34.8 Å². The minimum absolute atomic E-state index is 0.0472. The summed E-state index contributed by atoms with van der Waals surface area (Å²) in [5.41, 5.74) is 1.04. The van der Waals surface area contributed by atoms with E-state index in [1.54, 1.807) is 15.9 Å². The van der Waals surface area contributed by atoms with Gasteiger partial charge in [0.25, 0.3) is 5.91 Å². The van der Waals surface area contributed by atoms with Gasteiger partial charge in [-0.1, -0.05) is 57.0 Å². The maximum Gasteiger partial charge on any atom is 0.262 e. The van der Waals surface area contributed by atoms with Gasteiger partial charge < -0.3 is 15.1 Å². The molecule has 3 aliphatic rings. The van der Waals surface area contributed by atoms with Gasteiger partial charge >= 0.3 is 0 Å². The minimum atomic E-state index is -0.723. The number of hydrogen-bond donors (Lipinski definition) is 1. The second kappa shape index (κ2) is 11.4. The quantitative estimate of drug-likeness (QED) is 0.539. The lowest BCUT2D eigenvalue weighted by Crippen LogP contribution is -2.52. The van der Waals surface area contributed by atoms with E-state index in [0.29, 0.717) is 36.6 Å². The smallest absolute Gasteiger partial charge is 0.262 e. The number of nitrogens with zero attached hydrogens (tertiary/aromatic N) is 2. The van der Waals surface area contributed by atoms with Crippen LogP contribution in [0.4, 0.5) is 0 Å². The van der Waals surface area contributed by atoms with Crippen LogP contribution in [0.1, 0.15) is 68.5 Å². The maximum absolute atomic E-state index is 13.8. The van der Waals surface area contributed by atoms with E-state index < -0.39 is 12.1 Å². The Labute approximate surface area is 228 Å². The first-order valence-corrected chi connectivity index (χ1v) is 14.7. The average Bonchev–Trinajstić information content (AvgIpc) is 3.69. The molecule has 0 spiro atoms. The summed E-state index contributed by atoms with van der Waals surface area (Å²) < 4.78 is 0. The number of hydrogen-bond acceptors (Lipinski definition) is 5. The molecule has 1 saturated carbocycles. The van der Waals surface area contributed by atoms with Gasteiger partial charge in [-0.3, -0.25) is 19.2 Å². The van der Waals surface area contributed by atoms with Crippen molar-refractivity contribution in [3.8, 4) is 10.4 Å². The molecule has 3 atom stereocenters. The molecule has 2 aromatic rings. The van der Waals surface area contributed by atoms with Crippen molar-refractivity contribution < 1.29 is 19.2 Å². The second-order valence-electron chi connectivity index (χ2n) is 11.4. The SMILES string of the molecule is CC(C)CC(NC(=O)c1ccc(-c2ccccc2)s1)C(=O)N1CCC2C1C(=O)CN2C(=O)CC1CCCC1. The highest BCUT2D eigenvalue weighted by Gasteiger charge is 2.52. The van der Waals surface area contributed by atoms with Gasteiger partial charge in [0.1, 0.15) is 12.1 Å². The minimum Gasteiger partial charge on any atom is -0.340 e. The first-order valence-electron chi connectivity index (χ1n) is 13.9. The third-order valence-corrected chi connectivity index (χ3v) is 9.30. The van der Waals surface area contributed by atoms with Crippen LogP contribution < -0.4 is 5.32 Å². The van der Waals surface area contributed by atoms with Crippen LogP contribution in [0, 0.1) is 11.8 Å². The second-order valence-corrected chi connectivity index (χ2v) is 12.4. The number of carbonyl (C=O) groups is 4. The lowest BCUT2D eigenvalue weighted by molar-refractivity contribution is -0.138. The van der Waals surface area contributed by atoms with Crippen LogP contribution in [0.2, 0.25) is 0 Å². The number of nitrogens with one attached hydrogen (secondary N) is 1. The van der Waals surface area contributed by atoms with Crippen LogP contribution in [0.5, 0.6) is 0 Å². The average molecular weight is 536 g/mol. The summed E-state index contributed by atoms with van der Waals surface area (Å²) >= 11 is 1.40. The van der Waals surface area contributed by atoms with Gasteiger partial charge in [-0.25, -0.2) is 0 Å². The molecule has 1 aliphatic carbocycles. The van der Waals surface area contributed by atoms with Crippen LogP contribution in [-0.4, -0.2) is 64.5 Å². The Morgan fingerprint density at radius 1 is 1.00 bits per heavy atom. The Balaban J connectivity index is 1.27. The van der Waals surface area contributed by atoms with Crippen molar-refractivity contribution in [2.24, 2.45) is 11.8 Å². The Morgan fingerprint density at radius 2 is 1.74 bits per heavy atom. The summed E-state index contributed by atoms with van der Waals surface area (Å²) in [5.74, 6) is 0.0681. The van der Waals surface area contributed by atoms with E-state index in [-0.39, 0.29) is 42.0 Å². The number of fused-ring (bicyclic) bond motifs is 1. The largest absolute Gasteiger partial charge is 0.340 e. The molecule has 3 amide bonds. The van der Waals surface area contributed by atoms with E-state index in [9.17, 15) is 19.2 Å². The van der Waals surface area contributed by atoms with Crippen molar-refractivity contribution in [1.82, 2.24) is 15.1 Å². The zero-order valence-electron chi connectivity index (χ0n) is 22.2. The molecule has 2 aliphatic heterocycles. The van der Waals surface area contributed by atoms with Crippen molar-refractivity contribution in [3.63, 3.8) is 0 Å². The first kappa shape index (κ1) is 26.6. The Bertz CT molecular complexity index is 1190. The van der Waals surface area contributed by atoms with Crippen molar-refractivity contribution in [2.45, 2.75) is 76.9 Å². The summed E-state index contributed by atoms with van der Waals surface area (Å²) in [6.45, 7) is 4.54. The van der Waals surface area contributed by atoms with E-state index in [4.69, 9.17) is 0 Å². The number of amides is 3. The molecule has 38 heavy (non-hydrogen) atoms. The zero-order chi connectivity index (χ0) is 26.8. The van der Waals surface area contributed by atoms with E-state index in [2.05, 4.69) is 5.32 Å². The number of Topliss-reactive ketones (excluding diaryl/α,β-unsaturated/α-hetero) is 1. The van der Waals surface area contributed by atoms with E-state index in [1.165, 1.54) is 24.2 Å². The Kier molecular flexibility index (Phi) is 7.98. The molecule has 0 bridgehead atoms. The molecular weight excluding hydrogens is 498 g/mol. The number of carbonyl (C=O) groups excluding carboxylic acids is 4. The van der Waals surface area contributed by atoms with Gasteiger partial charge in [0, 0.05) is 17.8 Å². The lowest BCUT2D eigenvalue weighted by atomic mass is 10.0. The lowest BCUT2D eigenvalue weighted by Gasteiger charge is -2.29. The van der Waals surface area contributed by atoms with Crippen molar-refractivity contribution in [1.29, 1.82) is 0 Å². The first-order chi connectivity index (χ1) is 18.3. The molecular formula is C30H37N3O4S. The van der Waals surface area contributed by atoms with Gasteiger partial charge in [0.2, 0.25) is 11.8 Å². The van der Waals surface area contributed by atoms with Crippen LogP contribution in [-0.2, 0) is 14.4 Å². The predicted molar refractivity (Wildman–Crippen MR) is 148 cm³/mol. The molecule has 3 unspecified atom stereocenters. The zero-order valence-corrected chi connectivity index (χ0v) is 23.0. The molecule has 2 saturated heterocycles. The molecule has 0 radical (unpaired) electrons. The van der Waals surface area contributed by atoms with Gasteiger partial charge in [-0.15, -0.1) is 11.3 Å². The summed E-state index contributed by atoms with van der Waals surface area (Å²) in [4.78, 5) is 58.0. The summed E-state index contributed by atoms with van der Waals surface area (Å²) in [7, 11) is 0. The number of likely N-dealkylation sites (tertiary alicyclic amines) is 2. The molecule has 8 heteroatoms. The summed E-state index contributed by atoms with van der Waals surface area (Å²) in [6.07, 6.45) is 6.10. The van der Waals surface area contributed by atoms with Crippen LogP contribution in [0.15, 0.2) is 42.5 Å². The summed E-state index contributed by atoms with van der Waals surface area (Å²) in [5, 5.41) is 2.97. The van der Waals surface area contributed by atoms with Gasteiger partial charge in [-0.2, -0.15) is 0 Å². The molecule has 7 nitrogen and oxygen atoms in total. The summed E-state index contributed by atoms with van der Waals surface area (Å²) in [6, 6.07) is 12.0. The Morgan fingerprint density at radius 3 is 2.45 bits per heavy atom. The normalized spacial score (nSPS) is 22.2. The van der Waals surface area contributed by atoms with Crippen LogP contribution in [0.3, 0.4) is 0 Å². The van der Waals surface area contributed by atoms with Gasteiger partial charge in [0.15, 0.2) is 5.78 Å². The molecule has 202 valence electrons. The molecule has 3 heterocycles. The molecule has 5 rings (SSSR count). The van der Waals surface area contributed by atoms with Crippen LogP contribution in [0.25, 0.3) is 10.4 Å². The van der Waals surface area contributed by atoms with E-state index >= 15 is 0 Å². The van der Waals surface area contributed by atoms with Gasteiger partial charge in [-0.05, 0) is 55.2 Å². The van der Waals surface area contributed by atoms with Crippen LogP contribution >= 0.6 is 11.3 Å². The molecule has 3 fully saturated rings. The third kappa shape index (κ3) is 5.55. The van der Waals surface area contributed by atoms with Gasteiger partial charge in [0.05, 0.1) is 17.5 Å². The number of benzene rings is 1. The number of ketones is 1. The monoisotopic (exact) mass is 535 g/mol. The van der Waals surface area contributed by atoms with Crippen molar-refractivity contribution in [2.75, 3.05) is 13.1 Å². The van der Waals surface area contributed by atoms with E-state index in [1.807, 2.05) is 50.2 Å². The van der Waals surface area contributed by atoms with Crippen molar-refractivity contribution in [3.05, 3.63) is 47.3 Å². The highest BCUT2D eigenvalue weighted by atomic mass is 32.1. The standard InChI is InChI=1S/C30H37N3O4S/c1-19(2)16-22(31-29(36)26-13-12-25(38-26)21-10-4-3-5-11-21)30(37)32-15-14-23-28(32)24(34)18-33(23)27(35)17-20-8-6-7-9-20/h3-5,10-13,19-20,22-23,28H,6-9,14-18H2,1-2H3,(H,31,36). The fourth-order valence-electron chi connectivity index (χ4n) is 6.31. The fourth-order valence-corrected chi connectivity index (χ4v) is 7.22. The number of thiophene rings is 1. The highest BCUT2D eigenvalue weighted by molar-refractivity contribution is 7.17. The Hall–Kier alpha value is -3.00. The highest BCUT2D eigenvalue weighted by Crippen LogP contribution is 2.34. The molecule has 1 aromatic carbocycles. The topological polar surface area (TPSA) is 86.8 Å². The molecule has 1 N–H and O–H groups in total. The third-order valence-electron chi connectivity index (χ3n) is 8.16. The number of rotatable bonds is 8. The fraction of sp³-hybridized carbons (Fsp3) is 0.533. The maximum atomic E-state index is 13.8. The van der Waals surface area contributed by atoms with E-state index in [0.717, 1.165) is 23.3 Å². The predicted octanol–water partition coefficient (Wildman–Crippen LogP) is 4.52. The molecule has 1 aromatic heterocycles.